The quantitative estimate of drug-likeness (QED) is 0.391. The number of hydrogen-bond donors (Lipinski definition) is 3. The molecule has 2 aliphatic rings. The number of nitrogens with zero attached hydrogens (tertiary/aromatic N) is 4. The molecule has 4 rings (SSSR count). The first-order valence-corrected chi connectivity index (χ1v) is 13.6. The molecule has 1 saturated heterocycles. The molecule has 2 aromatic rings. The summed E-state index contributed by atoms with van der Waals surface area (Å²) >= 11 is 0. The van der Waals surface area contributed by atoms with Crippen LogP contribution in [0.5, 0.6) is 5.75 Å². The molecule has 2 heterocycles. The van der Waals surface area contributed by atoms with Gasteiger partial charge in [0.2, 0.25) is 11.8 Å². The van der Waals surface area contributed by atoms with Crippen molar-refractivity contribution in [2.45, 2.75) is 44.7 Å². The maximum atomic E-state index is 14.0. The van der Waals surface area contributed by atoms with Crippen LogP contribution >= 0.6 is 0 Å². The monoisotopic (exact) mass is 574 g/mol. The van der Waals surface area contributed by atoms with Crippen LogP contribution in [0, 0.1) is 16.7 Å². The molecule has 0 aromatic heterocycles. The minimum Gasteiger partial charge on any atom is -0.493 e. The molecule has 2 aromatic carbocycles. The van der Waals surface area contributed by atoms with Crippen LogP contribution in [0.1, 0.15) is 37.8 Å². The summed E-state index contributed by atoms with van der Waals surface area (Å²) in [5.41, 5.74) is -0.488. The average Bonchev–Trinajstić information content (AvgIpc) is 3.20. The highest BCUT2D eigenvalue weighted by Gasteiger charge is 2.54. The summed E-state index contributed by atoms with van der Waals surface area (Å²) in [5.74, 6) is -0.881. The fourth-order valence-electron chi connectivity index (χ4n) is 5.31. The zero-order valence-corrected chi connectivity index (χ0v) is 23.8. The van der Waals surface area contributed by atoms with Gasteiger partial charge in [0.05, 0.1) is 24.0 Å². The van der Waals surface area contributed by atoms with E-state index in [9.17, 15) is 24.3 Å². The minimum absolute atomic E-state index is 0.0235. The molecular weight excluding hydrogens is 540 g/mol. The van der Waals surface area contributed by atoms with Crippen molar-refractivity contribution in [3.05, 3.63) is 65.7 Å². The van der Waals surface area contributed by atoms with Crippen molar-refractivity contribution in [3.63, 3.8) is 0 Å². The number of carboxylic acid groups (broad SMARTS) is 1. The highest BCUT2D eigenvalue weighted by atomic mass is 16.5. The van der Waals surface area contributed by atoms with Gasteiger partial charge in [0, 0.05) is 33.0 Å². The minimum atomic E-state index is -1.52. The number of amides is 4. The van der Waals surface area contributed by atoms with Gasteiger partial charge in [-0.05, 0) is 44.0 Å². The maximum absolute atomic E-state index is 14.0. The third-order valence-electron chi connectivity index (χ3n) is 7.50. The number of ether oxygens (including phenoxy) is 1. The van der Waals surface area contributed by atoms with Crippen LogP contribution in [0.15, 0.2) is 59.7 Å². The van der Waals surface area contributed by atoms with Gasteiger partial charge in [-0.3, -0.25) is 14.4 Å². The predicted molar refractivity (Wildman–Crippen MR) is 152 cm³/mol. The Hall–Kier alpha value is -4.92. The summed E-state index contributed by atoms with van der Waals surface area (Å²) in [5, 5.41) is 29.0. The van der Waals surface area contributed by atoms with Gasteiger partial charge in [0.1, 0.15) is 22.7 Å². The molecule has 12 heteroatoms. The third kappa shape index (κ3) is 6.52. The van der Waals surface area contributed by atoms with E-state index in [-0.39, 0.29) is 25.5 Å². The Morgan fingerprint density at radius 1 is 1.19 bits per heavy atom. The molecule has 1 fully saturated rings. The van der Waals surface area contributed by atoms with Crippen LogP contribution < -0.4 is 15.4 Å². The molecule has 0 aliphatic carbocycles. The van der Waals surface area contributed by atoms with E-state index in [4.69, 9.17) is 10.00 Å². The van der Waals surface area contributed by atoms with Crippen molar-refractivity contribution in [2.24, 2.45) is 10.5 Å². The highest BCUT2D eigenvalue weighted by molar-refractivity contribution is 6.13. The fourth-order valence-corrected chi connectivity index (χ4v) is 5.31. The van der Waals surface area contributed by atoms with E-state index in [1.54, 1.807) is 36.2 Å². The molecule has 3 N–H and O–H groups in total. The Kier molecular flexibility index (Phi) is 8.80. The summed E-state index contributed by atoms with van der Waals surface area (Å²) in [6.07, 6.45) is -0.571. The first kappa shape index (κ1) is 30.0. The number of fused-ring (bicyclic) bond motifs is 1. The van der Waals surface area contributed by atoms with E-state index < -0.39 is 34.9 Å². The molecule has 2 atom stereocenters. The number of hydrazone groups is 1. The van der Waals surface area contributed by atoms with Gasteiger partial charge in [0.15, 0.2) is 0 Å². The van der Waals surface area contributed by atoms with Gasteiger partial charge >= 0.3 is 6.09 Å². The van der Waals surface area contributed by atoms with E-state index in [0.717, 1.165) is 11.3 Å². The molecule has 12 nitrogen and oxygen atoms in total. The zero-order chi connectivity index (χ0) is 30.5. The molecule has 2 aliphatic heterocycles. The average molecular weight is 575 g/mol. The second-order valence-electron chi connectivity index (χ2n) is 11.0. The number of piperidine rings is 1. The molecule has 42 heavy (non-hydrogen) atoms. The molecule has 0 saturated carbocycles. The molecular formula is C30H34N6O6. The number of rotatable bonds is 10. The number of carbonyl (C=O) groups excluding carboxylic acids is 3. The van der Waals surface area contributed by atoms with Crippen LogP contribution in [0.3, 0.4) is 0 Å². The van der Waals surface area contributed by atoms with Crippen LogP contribution in [0.25, 0.3) is 0 Å². The third-order valence-corrected chi connectivity index (χ3v) is 7.50. The van der Waals surface area contributed by atoms with Gasteiger partial charge in [0.25, 0.3) is 5.91 Å². The number of benzene rings is 2. The van der Waals surface area contributed by atoms with E-state index in [1.165, 1.54) is 18.9 Å². The number of nitriles is 1. The van der Waals surface area contributed by atoms with Crippen molar-refractivity contribution in [3.8, 4) is 11.8 Å². The lowest BCUT2D eigenvalue weighted by Gasteiger charge is -2.41. The number of hydrogen-bond acceptors (Lipinski definition) is 7. The lowest BCUT2D eigenvalue weighted by Crippen LogP contribution is -2.62. The van der Waals surface area contributed by atoms with Crippen LogP contribution in [0.4, 0.5) is 4.79 Å². The molecule has 0 radical (unpaired) electrons. The van der Waals surface area contributed by atoms with Gasteiger partial charge in [-0.25, -0.2) is 9.80 Å². The standard InChI is InChI=1S/C30H34N6O6/c1-29(2,33-28(40)41)26(38)32-23(13-15-42-22-11-7-10-21(16-22)18-31)25(37)36-14-12-24-30(19-36,27(39)35(3)34-24)17-20-8-5-4-6-9-20/h4-11,16,23,33H,12-15,17,19H2,1-3H3,(H,32,38)(H,40,41). The summed E-state index contributed by atoms with van der Waals surface area (Å²) in [6.45, 7) is 3.19. The SMILES string of the molecule is CN1N=C2CCN(C(=O)C(CCOc3cccc(C#N)c3)NC(=O)C(C)(C)NC(=O)O)CC2(Cc2ccccc2)C1=O. The molecule has 0 bridgehead atoms. The van der Waals surface area contributed by atoms with Gasteiger partial charge in [-0.15, -0.1) is 0 Å². The van der Waals surface area contributed by atoms with Crippen molar-refractivity contribution in [2.75, 3.05) is 26.7 Å². The van der Waals surface area contributed by atoms with Crippen LogP contribution in [-0.4, -0.2) is 82.9 Å². The first-order chi connectivity index (χ1) is 19.9. The second kappa shape index (κ2) is 12.3. The molecule has 0 spiro atoms. The van der Waals surface area contributed by atoms with Gasteiger partial charge < -0.3 is 25.4 Å². The normalized spacial score (nSPS) is 18.8. The number of carbonyl (C=O) groups is 4. The Morgan fingerprint density at radius 2 is 1.93 bits per heavy atom. The highest BCUT2D eigenvalue weighted by Crippen LogP contribution is 2.38. The Balaban J connectivity index is 1.56. The topological polar surface area (TPSA) is 164 Å². The van der Waals surface area contributed by atoms with E-state index in [1.807, 2.05) is 36.4 Å². The second-order valence-corrected chi connectivity index (χ2v) is 11.0. The summed E-state index contributed by atoms with van der Waals surface area (Å²) < 4.78 is 5.78. The summed E-state index contributed by atoms with van der Waals surface area (Å²) in [4.78, 5) is 53.5. The Morgan fingerprint density at radius 3 is 2.62 bits per heavy atom. The van der Waals surface area contributed by atoms with Crippen molar-refractivity contribution in [1.82, 2.24) is 20.5 Å². The summed E-state index contributed by atoms with van der Waals surface area (Å²) in [7, 11) is 1.60. The van der Waals surface area contributed by atoms with Crippen molar-refractivity contribution < 1.29 is 29.0 Å². The lowest BCUT2D eigenvalue weighted by atomic mass is 9.73. The van der Waals surface area contributed by atoms with Crippen molar-refractivity contribution in [1.29, 1.82) is 5.26 Å². The molecule has 2 unspecified atom stereocenters. The number of nitrogens with one attached hydrogen (secondary N) is 2. The van der Waals surface area contributed by atoms with E-state index in [0.29, 0.717) is 30.7 Å². The molecule has 220 valence electrons. The Bertz CT molecular complexity index is 1440. The predicted octanol–water partition coefficient (Wildman–Crippen LogP) is 2.15. The first-order valence-electron chi connectivity index (χ1n) is 13.6. The van der Waals surface area contributed by atoms with Crippen LogP contribution in [-0.2, 0) is 20.8 Å². The smallest absolute Gasteiger partial charge is 0.405 e. The summed E-state index contributed by atoms with van der Waals surface area (Å²) in [6, 6.07) is 17.0. The van der Waals surface area contributed by atoms with E-state index >= 15 is 0 Å². The zero-order valence-electron chi connectivity index (χ0n) is 23.8. The van der Waals surface area contributed by atoms with E-state index in [2.05, 4.69) is 15.7 Å². The molecule has 4 amide bonds. The van der Waals surface area contributed by atoms with Crippen molar-refractivity contribution >= 4 is 29.5 Å². The fraction of sp³-hybridized carbons (Fsp3) is 0.400. The maximum Gasteiger partial charge on any atom is 0.405 e. The number of likely N-dealkylation sites (tertiary alicyclic amines) is 1. The van der Waals surface area contributed by atoms with Gasteiger partial charge in [-0.1, -0.05) is 36.4 Å². The van der Waals surface area contributed by atoms with Gasteiger partial charge in [-0.2, -0.15) is 10.4 Å². The van der Waals surface area contributed by atoms with Crippen LogP contribution in [0.2, 0.25) is 0 Å². The largest absolute Gasteiger partial charge is 0.493 e. The Labute approximate surface area is 243 Å². The lowest BCUT2D eigenvalue weighted by molar-refractivity contribution is -0.142.